The minimum atomic E-state index is -0.307. The van der Waals surface area contributed by atoms with Crippen LogP contribution in [0.25, 0.3) is 17.0 Å². The van der Waals surface area contributed by atoms with Gasteiger partial charge in [-0.1, -0.05) is 54.4 Å². The first-order valence-electron chi connectivity index (χ1n) is 9.25. The van der Waals surface area contributed by atoms with Crippen molar-refractivity contribution in [2.24, 2.45) is 0 Å². The maximum atomic E-state index is 12.9. The van der Waals surface area contributed by atoms with Crippen molar-refractivity contribution in [3.63, 3.8) is 0 Å². The molecule has 0 bridgehead atoms. The van der Waals surface area contributed by atoms with E-state index >= 15 is 0 Å². The van der Waals surface area contributed by atoms with Crippen LogP contribution in [0.1, 0.15) is 24.5 Å². The summed E-state index contributed by atoms with van der Waals surface area (Å²) in [6.45, 7) is 3.14. The second kappa shape index (κ2) is 8.27. The van der Waals surface area contributed by atoms with Crippen LogP contribution >= 0.6 is 35.0 Å². The molecule has 2 heterocycles. The summed E-state index contributed by atoms with van der Waals surface area (Å²) in [4.78, 5) is 27.0. The van der Waals surface area contributed by atoms with Crippen molar-refractivity contribution >= 4 is 63.1 Å². The third-order valence-electron chi connectivity index (χ3n) is 4.79. The molecule has 2 aromatic carbocycles. The number of carbonyl (C=O) groups excluding carboxylic acids is 2. The highest BCUT2D eigenvalue weighted by molar-refractivity contribution is 8.18. The van der Waals surface area contributed by atoms with Gasteiger partial charge in [0.1, 0.15) is 0 Å². The zero-order chi connectivity index (χ0) is 20.5. The number of fused-ring (bicyclic) bond motifs is 1. The van der Waals surface area contributed by atoms with Crippen molar-refractivity contribution in [3.8, 4) is 0 Å². The number of amides is 2. The van der Waals surface area contributed by atoms with E-state index < -0.39 is 0 Å². The Hall–Kier alpha value is -2.21. The topological polar surface area (TPSA) is 42.3 Å². The molecule has 0 spiro atoms. The largest absolute Gasteiger partial charge is 0.347 e. The number of rotatable bonds is 5. The highest BCUT2D eigenvalue weighted by atomic mass is 35.5. The van der Waals surface area contributed by atoms with Crippen LogP contribution in [-0.4, -0.2) is 20.6 Å². The van der Waals surface area contributed by atoms with E-state index in [4.69, 9.17) is 23.2 Å². The number of thioether (sulfide) groups is 1. The summed E-state index contributed by atoms with van der Waals surface area (Å²) in [6.07, 6.45) is 4.86. The summed E-state index contributed by atoms with van der Waals surface area (Å²) < 4.78 is 2.18. The fourth-order valence-electron chi connectivity index (χ4n) is 3.41. The summed E-state index contributed by atoms with van der Waals surface area (Å²) >= 11 is 13.1. The first-order valence-corrected chi connectivity index (χ1v) is 10.8. The highest BCUT2D eigenvalue weighted by Gasteiger charge is 2.35. The third-order valence-corrected chi connectivity index (χ3v) is 6.28. The molecule has 0 saturated carbocycles. The van der Waals surface area contributed by atoms with Crippen LogP contribution in [0.15, 0.2) is 53.6 Å². The lowest BCUT2D eigenvalue weighted by Crippen LogP contribution is -2.27. The molecule has 2 amide bonds. The number of benzene rings is 2. The van der Waals surface area contributed by atoms with Crippen molar-refractivity contribution in [1.82, 2.24) is 9.47 Å². The molecule has 4 nitrogen and oxygen atoms in total. The Bertz CT molecular complexity index is 1150. The molecule has 1 aliphatic heterocycles. The second-order valence-electron chi connectivity index (χ2n) is 6.80. The molecule has 0 unspecified atom stereocenters. The van der Waals surface area contributed by atoms with Gasteiger partial charge in [-0.15, -0.1) is 0 Å². The predicted octanol–water partition coefficient (Wildman–Crippen LogP) is 6.59. The molecular formula is C22H18Cl2N2O2S. The molecule has 1 aliphatic rings. The van der Waals surface area contributed by atoms with Crippen LogP contribution in [0.2, 0.25) is 10.0 Å². The number of carbonyl (C=O) groups is 2. The van der Waals surface area contributed by atoms with Crippen LogP contribution in [0, 0.1) is 0 Å². The number of para-hydroxylation sites is 1. The van der Waals surface area contributed by atoms with E-state index in [1.165, 1.54) is 4.90 Å². The molecule has 0 atom stereocenters. The number of nitrogens with zero attached hydrogens (tertiary/aromatic N) is 2. The summed E-state index contributed by atoms with van der Waals surface area (Å²) in [7, 11) is 0. The van der Waals surface area contributed by atoms with Gasteiger partial charge >= 0.3 is 0 Å². The molecule has 4 rings (SSSR count). The lowest BCUT2D eigenvalue weighted by Gasteiger charge is -2.13. The van der Waals surface area contributed by atoms with Crippen molar-refractivity contribution in [2.45, 2.75) is 26.4 Å². The zero-order valence-electron chi connectivity index (χ0n) is 15.7. The van der Waals surface area contributed by atoms with E-state index in [-0.39, 0.29) is 17.7 Å². The molecule has 148 valence electrons. The monoisotopic (exact) mass is 444 g/mol. The normalized spacial score (nSPS) is 15.8. The summed E-state index contributed by atoms with van der Waals surface area (Å²) in [5.41, 5.74) is 2.73. The SMILES string of the molecule is CCCn1cc(/C=C2\SC(=O)N(Cc3ccc(Cl)cc3Cl)C2=O)c2ccccc21. The number of hydrogen-bond acceptors (Lipinski definition) is 3. The Kier molecular flexibility index (Phi) is 5.72. The van der Waals surface area contributed by atoms with Crippen LogP contribution in [0.5, 0.6) is 0 Å². The van der Waals surface area contributed by atoms with Gasteiger partial charge in [0.15, 0.2) is 0 Å². The van der Waals surface area contributed by atoms with Crippen molar-refractivity contribution in [3.05, 3.63) is 74.7 Å². The molecule has 0 aliphatic carbocycles. The summed E-state index contributed by atoms with van der Waals surface area (Å²) in [5.74, 6) is -0.307. The average molecular weight is 445 g/mol. The van der Waals surface area contributed by atoms with Crippen LogP contribution in [-0.2, 0) is 17.9 Å². The number of hydrogen-bond donors (Lipinski definition) is 0. The summed E-state index contributed by atoms with van der Waals surface area (Å²) in [6, 6.07) is 13.1. The van der Waals surface area contributed by atoms with E-state index in [1.807, 2.05) is 30.5 Å². The third kappa shape index (κ3) is 3.95. The van der Waals surface area contributed by atoms with Crippen LogP contribution in [0.3, 0.4) is 0 Å². The predicted molar refractivity (Wildman–Crippen MR) is 120 cm³/mol. The van der Waals surface area contributed by atoms with Gasteiger partial charge in [-0.2, -0.15) is 0 Å². The minimum absolute atomic E-state index is 0.121. The van der Waals surface area contributed by atoms with Gasteiger partial charge in [0.05, 0.1) is 11.4 Å². The van der Waals surface area contributed by atoms with Crippen LogP contribution in [0.4, 0.5) is 4.79 Å². The first kappa shape index (κ1) is 20.1. The Morgan fingerprint density at radius 2 is 1.90 bits per heavy atom. The smallest absolute Gasteiger partial charge is 0.293 e. The molecule has 3 aromatic rings. The molecule has 29 heavy (non-hydrogen) atoms. The molecule has 1 aromatic heterocycles. The van der Waals surface area contributed by atoms with Crippen molar-refractivity contribution in [2.75, 3.05) is 0 Å². The number of aryl methyl sites for hydroxylation is 1. The molecule has 0 N–H and O–H groups in total. The quantitative estimate of drug-likeness (QED) is 0.416. The Labute approximate surface area is 183 Å². The average Bonchev–Trinajstić information content (AvgIpc) is 3.17. The van der Waals surface area contributed by atoms with Gasteiger partial charge in [-0.05, 0) is 48.0 Å². The molecule has 1 fully saturated rings. The second-order valence-corrected chi connectivity index (χ2v) is 8.64. The molecular weight excluding hydrogens is 427 g/mol. The standard InChI is InChI=1S/C22H18Cl2N2O2S/c1-2-9-25-12-15(17-5-3-4-6-19(17)25)10-20-21(27)26(22(28)29-20)13-14-7-8-16(23)11-18(14)24/h3-8,10-12H,2,9,13H2,1H3/b20-10-. The van der Waals surface area contributed by atoms with E-state index in [9.17, 15) is 9.59 Å². The van der Waals surface area contributed by atoms with E-state index in [0.717, 1.165) is 41.2 Å². The maximum Gasteiger partial charge on any atom is 0.293 e. The van der Waals surface area contributed by atoms with E-state index in [1.54, 1.807) is 18.2 Å². The highest BCUT2D eigenvalue weighted by Crippen LogP contribution is 2.36. The summed E-state index contributed by atoms with van der Waals surface area (Å²) in [5, 5.41) is 1.71. The lowest BCUT2D eigenvalue weighted by atomic mass is 10.1. The van der Waals surface area contributed by atoms with Crippen LogP contribution < -0.4 is 0 Å². The van der Waals surface area contributed by atoms with E-state index in [0.29, 0.717) is 20.5 Å². The molecule has 7 heteroatoms. The Morgan fingerprint density at radius 3 is 2.66 bits per heavy atom. The van der Waals surface area contributed by atoms with Crippen molar-refractivity contribution in [1.29, 1.82) is 0 Å². The maximum absolute atomic E-state index is 12.9. The van der Waals surface area contributed by atoms with Gasteiger partial charge in [0, 0.05) is 39.3 Å². The first-order chi connectivity index (χ1) is 14.0. The fraction of sp³-hybridized carbons (Fsp3) is 0.182. The van der Waals surface area contributed by atoms with Gasteiger partial charge in [0.25, 0.3) is 11.1 Å². The zero-order valence-corrected chi connectivity index (χ0v) is 18.0. The van der Waals surface area contributed by atoms with Crippen molar-refractivity contribution < 1.29 is 9.59 Å². The van der Waals surface area contributed by atoms with Gasteiger partial charge in [0.2, 0.25) is 0 Å². The Morgan fingerprint density at radius 1 is 1.10 bits per heavy atom. The number of imide groups is 1. The van der Waals surface area contributed by atoms with Gasteiger partial charge in [-0.3, -0.25) is 14.5 Å². The molecule has 1 saturated heterocycles. The molecule has 0 radical (unpaired) electrons. The number of halogens is 2. The number of aromatic nitrogens is 1. The van der Waals surface area contributed by atoms with Gasteiger partial charge in [-0.25, -0.2) is 0 Å². The van der Waals surface area contributed by atoms with E-state index in [2.05, 4.69) is 17.6 Å². The minimum Gasteiger partial charge on any atom is -0.347 e. The lowest BCUT2D eigenvalue weighted by molar-refractivity contribution is -0.123. The Balaban J connectivity index is 1.65. The van der Waals surface area contributed by atoms with Gasteiger partial charge < -0.3 is 4.57 Å². The fourth-order valence-corrected chi connectivity index (χ4v) is 4.71.